The molecular formula is C55H33N3O2S. The fraction of sp³-hybridized carbons (Fsp3) is 0.0182. The SMILES string of the molecule is c1ccc(-c2ccc(C3=NC(c4cc(-c5cccc6oc7ccccc7c56)cc5oc6ccccc6c45)=NC(c4ccc5c(c4)sc4ccccc45)N3)c3ccccc23)cc1. The number of nitrogens with zero attached hydrogens (tertiary/aromatic N) is 2. The molecule has 9 aromatic carbocycles. The number of furan rings is 2. The summed E-state index contributed by atoms with van der Waals surface area (Å²) in [6.45, 7) is 0. The third kappa shape index (κ3) is 5.39. The van der Waals surface area contributed by atoms with E-state index in [0.717, 1.165) is 88.3 Å². The van der Waals surface area contributed by atoms with Crippen LogP contribution in [0.3, 0.4) is 0 Å². The molecule has 1 aliphatic rings. The summed E-state index contributed by atoms with van der Waals surface area (Å²) < 4.78 is 15.6. The summed E-state index contributed by atoms with van der Waals surface area (Å²) in [6.07, 6.45) is -0.428. The summed E-state index contributed by atoms with van der Waals surface area (Å²) in [6, 6.07) is 66.2. The molecule has 0 saturated carbocycles. The molecule has 286 valence electrons. The minimum Gasteiger partial charge on any atom is -0.456 e. The maximum Gasteiger partial charge on any atom is 0.160 e. The van der Waals surface area contributed by atoms with E-state index in [9.17, 15) is 0 Å². The number of benzene rings is 9. The molecule has 6 heteroatoms. The van der Waals surface area contributed by atoms with E-state index in [4.69, 9.17) is 18.8 Å². The van der Waals surface area contributed by atoms with Gasteiger partial charge in [-0.25, -0.2) is 9.98 Å². The van der Waals surface area contributed by atoms with Crippen LogP contribution in [0.1, 0.15) is 22.9 Å². The number of para-hydroxylation sites is 2. The molecule has 4 heterocycles. The van der Waals surface area contributed by atoms with Crippen LogP contribution < -0.4 is 5.32 Å². The molecule has 1 aliphatic heterocycles. The van der Waals surface area contributed by atoms with Crippen LogP contribution in [0.15, 0.2) is 207 Å². The fourth-order valence-corrected chi connectivity index (χ4v) is 10.5. The average molecular weight is 800 g/mol. The number of rotatable bonds is 5. The zero-order valence-electron chi connectivity index (χ0n) is 32.6. The number of aliphatic imine (C=N–C) groups is 2. The van der Waals surface area contributed by atoms with Gasteiger partial charge in [-0.3, -0.25) is 0 Å². The second-order valence-corrected chi connectivity index (χ2v) is 16.7. The van der Waals surface area contributed by atoms with Gasteiger partial charge in [0.05, 0.1) is 0 Å². The van der Waals surface area contributed by atoms with E-state index in [1.165, 1.54) is 31.3 Å². The Bertz CT molecular complexity index is 3810. The van der Waals surface area contributed by atoms with E-state index in [-0.39, 0.29) is 0 Å². The molecular weight excluding hydrogens is 767 g/mol. The molecule has 1 N–H and O–H groups in total. The summed E-state index contributed by atoms with van der Waals surface area (Å²) in [4.78, 5) is 11.1. The quantitative estimate of drug-likeness (QED) is 0.189. The maximum atomic E-state index is 6.70. The lowest BCUT2D eigenvalue weighted by Crippen LogP contribution is -2.33. The maximum absolute atomic E-state index is 6.70. The Morgan fingerprint density at radius 1 is 0.410 bits per heavy atom. The molecule has 1 atom stereocenters. The van der Waals surface area contributed by atoms with Gasteiger partial charge in [-0.1, -0.05) is 146 Å². The first kappa shape index (κ1) is 34.1. The molecule has 0 bridgehead atoms. The monoisotopic (exact) mass is 799 g/mol. The van der Waals surface area contributed by atoms with E-state index in [0.29, 0.717) is 5.84 Å². The summed E-state index contributed by atoms with van der Waals surface area (Å²) >= 11 is 1.82. The lowest BCUT2D eigenvalue weighted by molar-refractivity contribution is 0.668. The van der Waals surface area contributed by atoms with Gasteiger partial charge in [0.25, 0.3) is 0 Å². The van der Waals surface area contributed by atoms with Crippen LogP contribution in [0.25, 0.3) is 97.1 Å². The Hall–Kier alpha value is -7.80. The first-order valence-electron chi connectivity index (χ1n) is 20.5. The van der Waals surface area contributed by atoms with Gasteiger partial charge in [0.2, 0.25) is 0 Å². The fourth-order valence-electron chi connectivity index (χ4n) is 9.37. The lowest BCUT2D eigenvalue weighted by Gasteiger charge is -2.25. The Morgan fingerprint density at radius 3 is 1.84 bits per heavy atom. The first-order valence-corrected chi connectivity index (χ1v) is 21.3. The molecule has 0 fully saturated rings. The topological polar surface area (TPSA) is 63.0 Å². The second-order valence-electron chi connectivity index (χ2n) is 15.7. The highest BCUT2D eigenvalue weighted by molar-refractivity contribution is 7.25. The lowest BCUT2D eigenvalue weighted by atomic mass is 9.93. The predicted molar refractivity (Wildman–Crippen MR) is 254 cm³/mol. The third-order valence-corrected chi connectivity index (χ3v) is 13.3. The van der Waals surface area contributed by atoms with E-state index < -0.39 is 6.17 Å². The molecule has 0 amide bonds. The van der Waals surface area contributed by atoms with Crippen molar-refractivity contribution in [2.45, 2.75) is 6.17 Å². The van der Waals surface area contributed by atoms with Gasteiger partial charge in [0.15, 0.2) is 5.84 Å². The average Bonchev–Trinajstić information content (AvgIpc) is 4.02. The molecule has 0 aliphatic carbocycles. The van der Waals surface area contributed by atoms with Crippen LogP contribution in [-0.2, 0) is 0 Å². The Kier molecular flexibility index (Phi) is 7.47. The number of nitrogens with one attached hydrogen (secondary N) is 1. The molecule has 61 heavy (non-hydrogen) atoms. The van der Waals surface area contributed by atoms with E-state index in [1.807, 2.05) is 41.7 Å². The molecule has 0 radical (unpaired) electrons. The molecule has 12 aromatic rings. The van der Waals surface area contributed by atoms with Crippen molar-refractivity contribution in [1.29, 1.82) is 0 Å². The molecule has 0 spiro atoms. The van der Waals surface area contributed by atoms with Crippen molar-refractivity contribution in [2.75, 3.05) is 0 Å². The van der Waals surface area contributed by atoms with Crippen LogP contribution in [0, 0.1) is 0 Å². The van der Waals surface area contributed by atoms with E-state index in [1.54, 1.807) is 0 Å². The van der Waals surface area contributed by atoms with Crippen LogP contribution in [-0.4, -0.2) is 11.7 Å². The second kappa shape index (κ2) is 13.4. The molecule has 5 nitrogen and oxygen atoms in total. The van der Waals surface area contributed by atoms with Crippen molar-refractivity contribution in [1.82, 2.24) is 5.32 Å². The number of fused-ring (bicyclic) bond motifs is 10. The normalized spacial score (nSPS) is 14.4. The van der Waals surface area contributed by atoms with Gasteiger partial charge in [-0.2, -0.15) is 0 Å². The Balaban J connectivity index is 1.07. The summed E-state index contributed by atoms with van der Waals surface area (Å²) in [5, 5.41) is 12.8. The molecule has 3 aromatic heterocycles. The van der Waals surface area contributed by atoms with Crippen molar-refractivity contribution in [3.05, 3.63) is 205 Å². The standard InChI is InChI=1S/C55H33N3O2S/c1-2-13-32(14-3-1)35-27-28-41(38-16-5-4-15-37(35)38)54-56-53(33-25-26-40-39-17-8-11-24-49(39)61-50(40)31-33)57-55(58-54)44-29-34(30-48-52(44)43-19-7-10-22-46(43)60-48)36-20-12-23-47-51(36)42-18-6-9-21-45(42)59-47/h1-31,53H,(H,56,57,58). The highest BCUT2D eigenvalue weighted by atomic mass is 32.1. The number of amidine groups is 2. The van der Waals surface area contributed by atoms with Gasteiger partial charge in [-0.05, 0) is 81.1 Å². The highest BCUT2D eigenvalue weighted by Crippen LogP contribution is 2.42. The molecule has 1 unspecified atom stereocenters. The van der Waals surface area contributed by atoms with Gasteiger partial charge in [0, 0.05) is 52.8 Å². The van der Waals surface area contributed by atoms with Crippen molar-refractivity contribution in [2.24, 2.45) is 9.98 Å². The van der Waals surface area contributed by atoms with Gasteiger partial charge >= 0.3 is 0 Å². The van der Waals surface area contributed by atoms with Crippen LogP contribution in [0.4, 0.5) is 0 Å². The van der Waals surface area contributed by atoms with E-state index in [2.05, 4.69) is 163 Å². The van der Waals surface area contributed by atoms with Crippen molar-refractivity contribution < 1.29 is 8.83 Å². The van der Waals surface area contributed by atoms with Gasteiger partial charge in [-0.15, -0.1) is 11.3 Å². The number of hydrogen-bond acceptors (Lipinski definition) is 6. The summed E-state index contributed by atoms with van der Waals surface area (Å²) in [7, 11) is 0. The smallest absolute Gasteiger partial charge is 0.160 e. The minimum absolute atomic E-state index is 0.428. The highest BCUT2D eigenvalue weighted by Gasteiger charge is 2.27. The molecule has 13 rings (SSSR count). The first-order chi connectivity index (χ1) is 30.2. The van der Waals surface area contributed by atoms with Crippen molar-refractivity contribution in [3.8, 4) is 22.3 Å². The van der Waals surface area contributed by atoms with Gasteiger partial charge in [0.1, 0.15) is 34.3 Å². The zero-order chi connectivity index (χ0) is 40.0. The number of thiophene rings is 1. The van der Waals surface area contributed by atoms with Crippen molar-refractivity contribution in [3.63, 3.8) is 0 Å². The summed E-state index contributed by atoms with van der Waals surface area (Å²) in [5.41, 5.74) is 10.7. The number of hydrogen-bond donors (Lipinski definition) is 1. The minimum atomic E-state index is -0.428. The largest absolute Gasteiger partial charge is 0.456 e. The van der Waals surface area contributed by atoms with E-state index >= 15 is 0 Å². The third-order valence-electron chi connectivity index (χ3n) is 12.2. The van der Waals surface area contributed by atoms with Gasteiger partial charge < -0.3 is 14.2 Å². The molecule has 0 saturated heterocycles. The van der Waals surface area contributed by atoms with Crippen LogP contribution >= 0.6 is 11.3 Å². The predicted octanol–water partition coefficient (Wildman–Crippen LogP) is 14.8. The Labute approximate surface area is 353 Å². The van der Waals surface area contributed by atoms with Crippen LogP contribution in [0.5, 0.6) is 0 Å². The Morgan fingerprint density at radius 2 is 1.03 bits per heavy atom. The zero-order valence-corrected chi connectivity index (χ0v) is 33.4. The van der Waals surface area contributed by atoms with Crippen LogP contribution in [0.2, 0.25) is 0 Å². The van der Waals surface area contributed by atoms with Crippen molar-refractivity contribution >= 4 is 97.8 Å². The summed E-state index contributed by atoms with van der Waals surface area (Å²) in [5.74, 6) is 1.39.